The summed E-state index contributed by atoms with van der Waals surface area (Å²) in [5, 5.41) is 20.7. The van der Waals surface area contributed by atoms with Crippen molar-refractivity contribution in [2.24, 2.45) is 0 Å². The van der Waals surface area contributed by atoms with Gasteiger partial charge in [-0.05, 0) is 57.0 Å². The minimum absolute atomic E-state index is 0.0838. The quantitative estimate of drug-likeness (QED) is 0.589. The number of benzene rings is 1. The standard InChI is InChI=1S/C23H28N6O3/c1-16(2)27-11-8-18(9-12-27)24-22(30)21-7-4-10-28(21)14-19-15-29(26-25-19)20-6-3-5-17(13-20)23(31)32/h3-7,10,13,15-16,18H,8-9,11-12,14H2,1-2H3,(H,24,30)(H,31,32). The van der Waals surface area contributed by atoms with Gasteiger partial charge in [0.2, 0.25) is 0 Å². The largest absolute Gasteiger partial charge is 0.478 e. The van der Waals surface area contributed by atoms with Crippen LogP contribution in [0.1, 0.15) is 53.2 Å². The van der Waals surface area contributed by atoms with Crippen LogP contribution >= 0.6 is 0 Å². The van der Waals surface area contributed by atoms with Gasteiger partial charge in [-0.25, -0.2) is 9.48 Å². The maximum atomic E-state index is 12.9. The third-order valence-electron chi connectivity index (χ3n) is 5.89. The van der Waals surface area contributed by atoms with Crippen LogP contribution in [0.5, 0.6) is 0 Å². The van der Waals surface area contributed by atoms with Crippen LogP contribution in [-0.4, -0.2) is 66.6 Å². The number of nitrogens with one attached hydrogen (secondary N) is 1. The molecule has 0 bridgehead atoms. The minimum atomic E-state index is -0.995. The fraction of sp³-hybridized carbons (Fsp3) is 0.391. The molecule has 32 heavy (non-hydrogen) atoms. The Balaban J connectivity index is 1.41. The van der Waals surface area contributed by atoms with Gasteiger partial charge in [-0.1, -0.05) is 11.3 Å². The molecule has 1 aromatic carbocycles. The topological polar surface area (TPSA) is 105 Å². The minimum Gasteiger partial charge on any atom is -0.478 e. The van der Waals surface area contributed by atoms with Crippen molar-refractivity contribution in [1.29, 1.82) is 0 Å². The molecule has 3 aromatic rings. The van der Waals surface area contributed by atoms with E-state index in [4.69, 9.17) is 0 Å². The summed E-state index contributed by atoms with van der Waals surface area (Å²) in [5.41, 5.74) is 2.05. The lowest BCUT2D eigenvalue weighted by Gasteiger charge is -2.34. The fourth-order valence-electron chi connectivity index (χ4n) is 4.03. The molecule has 1 aliphatic heterocycles. The molecule has 4 rings (SSSR count). The zero-order valence-electron chi connectivity index (χ0n) is 18.3. The van der Waals surface area contributed by atoms with Crippen LogP contribution in [0, 0.1) is 0 Å². The summed E-state index contributed by atoms with van der Waals surface area (Å²) in [6.45, 7) is 6.78. The molecule has 1 aliphatic rings. The Morgan fingerprint density at radius 3 is 2.69 bits per heavy atom. The number of hydrogen-bond donors (Lipinski definition) is 2. The van der Waals surface area contributed by atoms with E-state index in [0.717, 1.165) is 25.9 Å². The van der Waals surface area contributed by atoms with Crippen LogP contribution in [0.25, 0.3) is 5.69 Å². The maximum absolute atomic E-state index is 12.9. The molecule has 0 radical (unpaired) electrons. The summed E-state index contributed by atoms with van der Waals surface area (Å²) < 4.78 is 3.38. The van der Waals surface area contributed by atoms with Gasteiger partial charge in [0.05, 0.1) is 24.0 Å². The lowest BCUT2D eigenvalue weighted by Crippen LogP contribution is -2.46. The highest BCUT2D eigenvalue weighted by Crippen LogP contribution is 2.15. The molecule has 9 heteroatoms. The first-order chi connectivity index (χ1) is 15.4. The summed E-state index contributed by atoms with van der Waals surface area (Å²) in [6.07, 6.45) is 5.49. The highest BCUT2D eigenvalue weighted by atomic mass is 16.4. The highest BCUT2D eigenvalue weighted by Gasteiger charge is 2.23. The number of carboxylic acids is 1. The van der Waals surface area contributed by atoms with E-state index in [1.165, 1.54) is 10.7 Å². The fourth-order valence-corrected chi connectivity index (χ4v) is 4.03. The number of carboxylic acid groups (broad SMARTS) is 1. The number of nitrogens with zero attached hydrogens (tertiary/aromatic N) is 5. The first-order valence-corrected chi connectivity index (χ1v) is 10.9. The number of aromatic nitrogens is 4. The number of carbonyl (C=O) groups is 2. The van der Waals surface area contributed by atoms with Crippen molar-refractivity contribution in [2.75, 3.05) is 13.1 Å². The molecule has 3 heterocycles. The van der Waals surface area contributed by atoms with Gasteiger partial charge >= 0.3 is 5.97 Å². The molecule has 2 aromatic heterocycles. The Kier molecular flexibility index (Phi) is 6.36. The number of aromatic carboxylic acids is 1. The van der Waals surface area contributed by atoms with E-state index in [1.54, 1.807) is 30.5 Å². The van der Waals surface area contributed by atoms with E-state index in [2.05, 4.69) is 34.4 Å². The third kappa shape index (κ3) is 4.88. The average molecular weight is 437 g/mol. The summed E-state index contributed by atoms with van der Waals surface area (Å²) >= 11 is 0. The molecule has 0 atom stereocenters. The number of piperidine rings is 1. The summed E-state index contributed by atoms with van der Waals surface area (Å²) in [4.78, 5) is 26.5. The maximum Gasteiger partial charge on any atom is 0.335 e. The van der Waals surface area contributed by atoms with Gasteiger partial charge < -0.3 is 19.9 Å². The monoisotopic (exact) mass is 436 g/mol. The van der Waals surface area contributed by atoms with Crippen molar-refractivity contribution >= 4 is 11.9 Å². The molecule has 0 aliphatic carbocycles. The predicted molar refractivity (Wildman–Crippen MR) is 119 cm³/mol. The second kappa shape index (κ2) is 9.35. The van der Waals surface area contributed by atoms with Gasteiger partial charge in [-0.15, -0.1) is 5.10 Å². The normalized spacial score (nSPS) is 15.2. The molecule has 9 nitrogen and oxygen atoms in total. The van der Waals surface area contributed by atoms with Crippen LogP contribution in [0.2, 0.25) is 0 Å². The Morgan fingerprint density at radius 2 is 1.97 bits per heavy atom. The number of rotatable bonds is 7. The van der Waals surface area contributed by atoms with E-state index in [0.29, 0.717) is 29.7 Å². The van der Waals surface area contributed by atoms with E-state index in [-0.39, 0.29) is 17.5 Å². The van der Waals surface area contributed by atoms with Gasteiger partial charge in [-0.2, -0.15) is 0 Å². The van der Waals surface area contributed by atoms with Gasteiger partial charge in [0, 0.05) is 31.4 Å². The molecule has 168 valence electrons. The molecule has 1 fully saturated rings. The van der Waals surface area contributed by atoms with Gasteiger partial charge in [0.15, 0.2) is 0 Å². The predicted octanol–water partition coefficient (Wildman–Crippen LogP) is 2.42. The van der Waals surface area contributed by atoms with Crippen molar-refractivity contribution in [2.45, 2.75) is 45.3 Å². The molecular formula is C23H28N6O3. The highest BCUT2D eigenvalue weighted by molar-refractivity contribution is 5.93. The lowest BCUT2D eigenvalue weighted by molar-refractivity contribution is 0.0696. The van der Waals surface area contributed by atoms with Crippen molar-refractivity contribution in [1.82, 2.24) is 29.8 Å². The number of hydrogen-bond acceptors (Lipinski definition) is 5. The molecule has 1 amide bonds. The first kappa shape index (κ1) is 21.8. The van der Waals surface area contributed by atoms with Gasteiger partial charge in [0.25, 0.3) is 5.91 Å². The van der Waals surface area contributed by atoms with Crippen LogP contribution in [0.15, 0.2) is 48.8 Å². The zero-order valence-corrected chi connectivity index (χ0v) is 18.3. The Labute approximate surface area is 186 Å². The SMILES string of the molecule is CC(C)N1CCC(NC(=O)c2cccn2Cc2cn(-c3cccc(C(=O)O)c3)nn2)CC1. The van der Waals surface area contributed by atoms with Gasteiger partial charge in [-0.3, -0.25) is 4.79 Å². The van der Waals surface area contributed by atoms with Crippen LogP contribution in [0.3, 0.4) is 0 Å². The molecule has 0 saturated carbocycles. The van der Waals surface area contributed by atoms with E-state index in [9.17, 15) is 14.7 Å². The molecule has 1 saturated heterocycles. The van der Waals surface area contributed by atoms with Crippen LogP contribution in [0.4, 0.5) is 0 Å². The third-order valence-corrected chi connectivity index (χ3v) is 5.89. The molecule has 2 N–H and O–H groups in total. The zero-order chi connectivity index (χ0) is 22.7. The smallest absolute Gasteiger partial charge is 0.335 e. The first-order valence-electron chi connectivity index (χ1n) is 10.9. The molecular weight excluding hydrogens is 408 g/mol. The van der Waals surface area contributed by atoms with E-state index in [1.807, 2.05) is 16.8 Å². The van der Waals surface area contributed by atoms with E-state index >= 15 is 0 Å². The second-order valence-electron chi connectivity index (χ2n) is 8.41. The Bertz CT molecular complexity index is 1090. The van der Waals surface area contributed by atoms with E-state index < -0.39 is 5.97 Å². The number of carbonyl (C=O) groups excluding carboxylic acids is 1. The summed E-state index contributed by atoms with van der Waals surface area (Å²) in [6, 6.07) is 10.9. The van der Waals surface area contributed by atoms with Crippen molar-refractivity contribution in [3.05, 3.63) is 65.7 Å². The number of likely N-dealkylation sites (tertiary alicyclic amines) is 1. The van der Waals surface area contributed by atoms with Crippen LogP contribution in [-0.2, 0) is 6.54 Å². The van der Waals surface area contributed by atoms with Crippen molar-refractivity contribution < 1.29 is 14.7 Å². The second-order valence-corrected chi connectivity index (χ2v) is 8.41. The summed E-state index contributed by atoms with van der Waals surface area (Å²) in [5.74, 6) is -1.08. The molecule has 0 spiro atoms. The Hall–Kier alpha value is -3.46. The molecule has 0 unspecified atom stereocenters. The van der Waals surface area contributed by atoms with Crippen LogP contribution < -0.4 is 5.32 Å². The van der Waals surface area contributed by atoms with Crippen molar-refractivity contribution in [3.8, 4) is 5.69 Å². The number of amides is 1. The average Bonchev–Trinajstić information content (AvgIpc) is 3.44. The van der Waals surface area contributed by atoms with Gasteiger partial charge in [0.1, 0.15) is 11.4 Å². The van der Waals surface area contributed by atoms with Crippen molar-refractivity contribution in [3.63, 3.8) is 0 Å². The Morgan fingerprint density at radius 1 is 1.19 bits per heavy atom. The summed E-state index contributed by atoms with van der Waals surface area (Å²) in [7, 11) is 0. The lowest BCUT2D eigenvalue weighted by atomic mass is 10.0.